The fourth-order valence-corrected chi connectivity index (χ4v) is 3.38. The van der Waals surface area contributed by atoms with Gasteiger partial charge in [0.05, 0.1) is 18.3 Å². The van der Waals surface area contributed by atoms with Gasteiger partial charge in [-0.2, -0.15) is 13.2 Å². The molecule has 0 bridgehead atoms. The van der Waals surface area contributed by atoms with E-state index >= 15 is 0 Å². The second kappa shape index (κ2) is 8.54. The monoisotopic (exact) mass is 474 g/mol. The first-order valence-electron chi connectivity index (χ1n) is 9.87. The van der Waals surface area contributed by atoms with E-state index in [1.807, 2.05) is 0 Å². The lowest BCUT2D eigenvalue weighted by atomic mass is 10.0. The van der Waals surface area contributed by atoms with Crippen molar-refractivity contribution in [3.05, 3.63) is 65.2 Å². The van der Waals surface area contributed by atoms with Gasteiger partial charge < -0.3 is 20.2 Å². The molecule has 34 heavy (non-hydrogen) atoms. The van der Waals surface area contributed by atoms with Crippen LogP contribution in [0.5, 0.6) is 0 Å². The summed E-state index contributed by atoms with van der Waals surface area (Å²) in [6, 6.07) is 7.37. The lowest BCUT2D eigenvalue weighted by Crippen LogP contribution is -2.24. The highest BCUT2D eigenvalue weighted by Gasteiger charge is 2.33. The number of halogens is 3. The van der Waals surface area contributed by atoms with E-state index in [0.29, 0.717) is 11.1 Å². The number of alkyl halides is 3. The minimum atomic E-state index is -4.71. The quantitative estimate of drug-likeness (QED) is 0.576. The number of aryl methyl sites for hydroxylation is 1. The van der Waals surface area contributed by atoms with Gasteiger partial charge in [-0.15, -0.1) is 0 Å². The molecular formula is C22H17F3N4O5. The third-order valence-electron chi connectivity index (χ3n) is 5.06. The van der Waals surface area contributed by atoms with E-state index in [-0.39, 0.29) is 41.7 Å². The van der Waals surface area contributed by atoms with Crippen molar-refractivity contribution in [3.63, 3.8) is 0 Å². The molecule has 0 atom stereocenters. The van der Waals surface area contributed by atoms with Crippen LogP contribution in [0.1, 0.15) is 32.2 Å². The molecule has 3 aromatic rings. The van der Waals surface area contributed by atoms with E-state index in [0.717, 1.165) is 17.0 Å². The number of hydrogen-bond acceptors (Lipinski definition) is 6. The number of oxazole rings is 1. The molecule has 1 aliphatic heterocycles. The van der Waals surface area contributed by atoms with Crippen molar-refractivity contribution in [2.75, 3.05) is 23.4 Å². The molecule has 4 rings (SSSR count). The van der Waals surface area contributed by atoms with Crippen LogP contribution >= 0.6 is 0 Å². The van der Waals surface area contributed by atoms with E-state index in [1.165, 1.54) is 24.4 Å². The summed E-state index contributed by atoms with van der Waals surface area (Å²) in [6.45, 7) is 1.86. The SMILES string of the molecule is Cc1ccc(C(=O)Nc2cc(N3CCOC3=O)cc(C(F)(F)F)c2)cc1-c1cnc(C(N)=O)o1. The largest absolute Gasteiger partial charge is 0.447 e. The fourth-order valence-electron chi connectivity index (χ4n) is 3.38. The maximum absolute atomic E-state index is 13.4. The highest BCUT2D eigenvalue weighted by Crippen LogP contribution is 2.35. The number of nitrogens with one attached hydrogen (secondary N) is 1. The number of benzene rings is 2. The Hall–Kier alpha value is -4.35. The van der Waals surface area contributed by atoms with Gasteiger partial charge in [0.25, 0.3) is 11.8 Å². The summed E-state index contributed by atoms with van der Waals surface area (Å²) in [7, 11) is 0. The first-order chi connectivity index (χ1) is 16.0. The van der Waals surface area contributed by atoms with Gasteiger partial charge in [0, 0.05) is 22.5 Å². The van der Waals surface area contributed by atoms with Crippen LogP contribution in [0.2, 0.25) is 0 Å². The first-order valence-corrected chi connectivity index (χ1v) is 9.87. The number of amides is 3. The zero-order valence-electron chi connectivity index (χ0n) is 17.6. The summed E-state index contributed by atoms with van der Waals surface area (Å²) in [6.07, 6.45) is -4.21. The average molecular weight is 474 g/mol. The second-order valence-electron chi connectivity index (χ2n) is 7.41. The Bertz CT molecular complexity index is 1300. The van der Waals surface area contributed by atoms with Gasteiger partial charge in [0.15, 0.2) is 5.76 Å². The number of nitrogens with two attached hydrogens (primary N) is 1. The van der Waals surface area contributed by atoms with Crippen LogP contribution in [0, 0.1) is 6.92 Å². The molecule has 0 saturated carbocycles. The number of ether oxygens (including phenoxy) is 1. The highest BCUT2D eigenvalue weighted by atomic mass is 19.4. The van der Waals surface area contributed by atoms with Gasteiger partial charge >= 0.3 is 18.2 Å². The first kappa shape index (κ1) is 22.8. The molecule has 3 amide bonds. The van der Waals surface area contributed by atoms with Gasteiger partial charge in [0.1, 0.15) is 6.61 Å². The second-order valence-corrected chi connectivity index (χ2v) is 7.41. The topological polar surface area (TPSA) is 128 Å². The van der Waals surface area contributed by atoms with Crippen LogP contribution < -0.4 is 16.0 Å². The molecule has 0 aliphatic carbocycles. The van der Waals surface area contributed by atoms with Crippen LogP contribution in [0.15, 0.2) is 47.0 Å². The molecule has 176 valence electrons. The maximum Gasteiger partial charge on any atom is 0.416 e. The molecule has 1 fully saturated rings. The number of carbonyl (C=O) groups excluding carboxylic acids is 3. The lowest BCUT2D eigenvalue weighted by Gasteiger charge is -2.18. The standard InChI is InChI=1S/C22H17F3N4O5/c1-11-2-3-12(6-16(11)17-10-27-20(34-17)18(26)30)19(31)28-14-7-13(22(23,24)25)8-15(9-14)29-4-5-33-21(29)32/h2-3,6-10H,4-5H2,1H3,(H2,26,30)(H,28,31). The van der Waals surface area contributed by atoms with Crippen molar-refractivity contribution < 1.29 is 36.7 Å². The Morgan fingerprint density at radius 3 is 2.56 bits per heavy atom. The third-order valence-corrected chi connectivity index (χ3v) is 5.06. The van der Waals surface area contributed by atoms with Gasteiger partial charge in [0.2, 0.25) is 0 Å². The minimum absolute atomic E-state index is 0.0437. The minimum Gasteiger partial charge on any atom is -0.447 e. The molecule has 0 spiro atoms. The van der Waals surface area contributed by atoms with Gasteiger partial charge in [-0.3, -0.25) is 14.5 Å². The van der Waals surface area contributed by atoms with Crippen molar-refractivity contribution in [2.45, 2.75) is 13.1 Å². The number of nitrogens with zero attached hydrogens (tertiary/aromatic N) is 2. The molecule has 12 heteroatoms. The third kappa shape index (κ3) is 4.56. The van der Waals surface area contributed by atoms with Crippen LogP contribution in [0.3, 0.4) is 0 Å². The zero-order valence-corrected chi connectivity index (χ0v) is 17.6. The number of rotatable bonds is 5. The van der Waals surface area contributed by atoms with Gasteiger partial charge in [-0.1, -0.05) is 6.07 Å². The molecule has 2 aromatic carbocycles. The molecule has 9 nitrogen and oxygen atoms in total. The smallest absolute Gasteiger partial charge is 0.416 e. The number of hydrogen-bond donors (Lipinski definition) is 2. The molecule has 1 saturated heterocycles. The summed E-state index contributed by atoms with van der Waals surface area (Å²) in [5.74, 6) is -1.68. The maximum atomic E-state index is 13.4. The number of cyclic esters (lactones) is 1. The summed E-state index contributed by atoms with van der Waals surface area (Å²) in [5.41, 5.74) is 5.13. The lowest BCUT2D eigenvalue weighted by molar-refractivity contribution is -0.137. The predicted molar refractivity (Wildman–Crippen MR) is 113 cm³/mol. The van der Waals surface area contributed by atoms with Crippen LogP contribution in [0.25, 0.3) is 11.3 Å². The number of primary amides is 1. The summed E-state index contributed by atoms with van der Waals surface area (Å²) >= 11 is 0. The number of aromatic nitrogens is 1. The van der Waals surface area contributed by atoms with Crippen molar-refractivity contribution in [2.24, 2.45) is 5.73 Å². The molecular weight excluding hydrogens is 457 g/mol. The molecule has 1 aliphatic rings. The van der Waals surface area contributed by atoms with Crippen molar-refractivity contribution >= 4 is 29.3 Å². The Morgan fingerprint density at radius 2 is 1.94 bits per heavy atom. The van der Waals surface area contributed by atoms with E-state index in [1.54, 1.807) is 13.0 Å². The zero-order chi connectivity index (χ0) is 24.6. The van der Waals surface area contributed by atoms with Crippen LogP contribution in [0.4, 0.5) is 29.3 Å². The van der Waals surface area contributed by atoms with E-state index in [4.69, 9.17) is 14.9 Å². The number of anilines is 2. The Kier molecular flexibility index (Phi) is 5.73. The Labute approximate surface area is 190 Å². The predicted octanol–water partition coefficient (Wildman–Crippen LogP) is 3.98. The fraction of sp³-hybridized carbons (Fsp3) is 0.182. The Morgan fingerprint density at radius 1 is 1.18 bits per heavy atom. The number of carbonyl (C=O) groups is 3. The summed E-state index contributed by atoms with van der Waals surface area (Å²) in [5, 5.41) is 2.43. The van der Waals surface area contributed by atoms with Crippen molar-refractivity contribution in [1.82, 2.24) is 4.98 Å². The van der Waals surface area contributed by atoms with Crippen LogP contribution in [-0.4, -0.2) is 36.0 Å². The van der Waals surface area contributed by atoms with Gasteiger partial charge in [-0.05, 0) is 42.8 Å². The van der Waals surface area contributed by atoms with Crippen molar-refractivity contribution in [1.29, 1.82) is 0 Å². The normalized spacial score (nSPS) is 13.6. The molecule has 3 N–H and O–H groups in total. The van der Waals surface area contributed by atoms with Crippen molar-refractivity contribution in [3.8, 4) is 11.3 Å². The van der Waals surface area contributed by atoms with E-state index in [2.05, 4.69) is 10.3 Å². The molecule has 0 radical (unpaired) electrons. The average Bonchev–Trinajstić information content (AvgIpc) is 3.42. The summed E-state index contributed by atoms with van der Waals surface area (Å²) in [4.78, 5) is 40.8. The van der Waals surface area contributed by atoms with E-state index < -0.39 is 29.6 Å². The van der Waals surface area contributed by atoms with Gasteiger partial charge in [-0.25, -0.2) is 9.78 Å². The van der Waals surface area contributed by atoms with E-state index in [9.17, 15) is 27.6 Å². The molecule has 1 aromatic heterocycles. The summed E-state index contributed by atoms with van der Waals surface area (Å²) < 4.78 is 50.4. The molecule has 2 heterocycles. The Balaban J connectivity index is 1.66. The van der Waals surface area contributed by atoms with Crippen LogP contribution in [-0.2, 0) is 10.9 Å². The molecule has 0 unspecified atom stereocenters. The highest BCUT2D eigenvalue weighted by molar-refractivity contribution is 6.05.